The van der Waals surface area contributed by atoms with Gasteiger partial charge in [0.25, 0.3) is 0 Å². The Kier molecular flexibility index (Phi) is 12.4. The molecule has 0 aliphatic heterocycles. The van der Waals surface area contributed by atoms with Crippen LogP contribution in [0, 0.1) is 0 Å². The van der Waals surface area contributed by atoms with Gasteiger partial charge in [0.15, 0.2) is 11.5 Å². The summed E-state index contributed by atoms with van der Waals surface area (Å²) in [6.45, 7) is 1.97. The first-order chi connectivity index (χ1) is 29.8. The van der Waals surface area contributed by atoms with Crippen molar-refractivity contribution >= 4 is 43.6 Å². The Morgan fingerprint density at radius 3 is 1.43 bits per heavy atom. The van der Waals surface area contributed by atoms with Gasteiger partial charge in [-0.25, -0.2) is 0 Å². The molecule has 6 aromatic carbocycles. The van der Waals surface area contributed by atoms with Crippen LogP contribution in [0.1, 0.15) is 12.5 Å². The summed E-state index contributed by atoms with van der Waals surface area (Å²) in [5.74, 6) is -4.37. The Labute approximate surface area is 353 Å². The van der Waals surface area contributed by atoms with E-state index >= 15 is 0 Å². The fraction of sp³-hybridized carbons (Fsp3) is 0.0385. The topological polar surface area (TPSA) is 163 Å². The van der Waals surface area contributed by atoms with E-state index in [-0.39, 0.29) is 5.69 Å². The van der Waals surface area contributed by atoms with Crippen LogP contribution in [0.25, 0.3) is 66.1 Å². The van der Waals surface area contributed by atoms with Crippen molar-refractivity contribution in [3.63, 3.8) is 0 Å². The van der Waals surface area contributed by atoms with E-state index in [4.69, 9.17) is 11.5 Å². The minimum absolute atomic E-state index is 0.243. The van der Waals surface area contributed by atoms with Crippen molar-refractivity contribution in [2.45, 2.75) is 13.3 Å². The molecule has 2 aromatic heterocycles. The lowest BCUT2D eigenvalue weighted by Gasteiger charge is -2.15. The molecule has 0 aliphatic carbocycles. The average molecular weight is 807 g/mol. The van der Waals surface area contributed by atoms with Crippen molar-refractivity contribution in [3.8, 4) is 51.2 Å². The number of allylic oxidation sites excluding steroid dienone is 12. The second kappa shape index (κ2) is 18.5. The van der Waals surface area contributed by atoms with Crippen molar-refractivity contribution in [1.82, 2.24) is 9.13 Å². The third-order valence-electron chi connectivity index (χ3n) is 10.2. The molecule has 0 spiro atoms. The van der Waals surface area contributed by atoms with Gasteiger partial charge in [0, 0.05) is 27.2 Å². The molecule has 0 unspecified atom stereocenters. The molecule has 0 fully saturated rings. The largest absolute Gasteiger partial charge is 0.503 e. The SMILES string of the molecule is C/C=C/C=C\C=C/N.N\C=C/C=C\C=C\C=C\Cc1ccc(-n2c3ccccc3c3cc(-c4ccc5c(c4)c4ccccc4n5-c4c(O)c(O)c(O)c(O)c4O)ccc32)cc1. The highest BCUT2D eigenvalue weighted by atomic mass is 16.4. The smallest absolute Gasteiger partial charge is 0.208 e. The van der Waals surface area contributed by atoms with Gasteiger partial charge in [0.05, 0.1) is 22.1 Å². The van der Waals surface area contributed by atoms with Crippen LogP contribution in [-0.4, -0.2) is 34.7 Å². The number of rotatable bonds is 10. The van der Waals surface area contributed by atoms with Gasteiger partial charge >= 0.3 is 0 Å². The van der Waals surface area contributed by atoms with Crippen molar-refractivity contribution in [3.05, 3.63) is 200 Å². The van der Waals surface area contributed by atoms with E-state index in [9.17, 15) is 25.5 Å². The van der Waals surface area contributed by atoms with E-state index in [0.717, 1.165) is 55.8 Å². The van der Waals surface area contributed by atoms with Gasteiger partial charge < -0.3 is 46.1 Å². The fourth-order valence-corrected chi connectivity index (χ4v) is 7.40. The molecular weight excluding hydrogens is 761 g/mol. The molecular formula is C52H46N4O5. The summed E-state index contributed by atoms with van der Waals surface area (Å²) in [5.41, 5.74) is 17.8. The number of hydrogen-bond donors (Lipinski definition) is 7. The van der Waals surface area contributed by atoms with Crippen LogP contribution in [0.2, 0.25) is 0 Å². The summed E-state index contributed by atoms with van der Waals surface area (Å²) in [6, 6.07) is 36.9. The number of nitrogens with zero attached hydrogens (tertiary/aromatic N) is 2. The number of benzene rings is 6. The molecule has 9 N–H and O–H groups in total. The summed E-state index contributed by atoms with van der Waals surface area (Å²) in [4.78, 5) is 0. The molecule has 8 rings (SSSR count). The van der Waals surface area contributed by atoms with E-state index in [1.165, 1.54) is 18.0 Å². The van der Waals surface area contributed by atoms with Crippen LogP contribution in [0.5, 0.6) is 28.7 Å². The Morgan fingerprint density at radius 2 is 0.885 bits per heavy atom. The zero-order valence-electron chi connectivity index (χ0n) is 33.5. The molecule has 0 aliphatic rings. The van der Waals surface area contributed by atoms with Crippen molar-refractivity contribution < 1.29 is 25.5 Å². The summed E-state index contributed by atoms with van der Waals surface area (Å²) < 4.78 is 3.85. The minimum Gasteiger partial charge on any atom is -0.503 e. The Morgan fingerprint density at radius 1 is 0.443 bits per heavy atom. The normalized spacial score (nSPS) is 12.4. The van der Waals surface area contributed by atoms with Crippen molar-refractivity contribution in [2.75, 3.05) is 0 Å². The molecule has 304 valence electrons. The van der Waals surface area contributed by atoms with E-state index in [1.54, 1.807) is 16.7 Å². The van der Waals surface area contributed by atoms with Crippen molar-refractivity contribution in [1.29, 1.82) is 0 Å². The molecule has 0 atom stereocenters. The van der Waals surface area contributed by atoms with Gasteiger partial charge in [-0.05, 0) is 103 Å². The van der Waals surface area contributed by atoms with Gasteiger partial charge in [-0.3, -0.25) is 0 Å². The number of phenolic OH excluding ortho intramolecular Hbond substituents is 5. The second-order valence-electron chi connectivity index (χ2n) is 14.0. The van der Waals surface area contributed by atoms with E-state index in [0.29, 0.717) is 11.0 Å². The molecule has 8 aromatic rings. The fourth-order valence-electron chi connectivity index (χ4n) is 7.40. The Hall–Kier alpha value is -8.30. The highest BCUT2D eigenvalue weighted by Gasteiger charge is 2.27. The third-order valence-corrected chi connectivity index (χ3v) is 10.2. The second-order valence-corrected chi connectivity index (χ2v) is 14.0. The first-order valence-corrected chi connectivity index (χ1v) is 19.7. The maximum atomic E-state index is 10.9. The molecule has 0 saturated carbocycles. The van der Waals surface area contributed by atoms with Gasteiger partial charge in [-0.15, -0.1) is 0 Å². The zero-order chi connectivity index (χ0) is 42.9. The minimum atomic E-state index is -1.00. The van der Waals surface area contributed by atoms with Crippen LogP contribution in [0.4, 0.5) is 0 Å². The predicted molar refractivity (Wildman–Crippen MR) is 251 cm³/mol. The maximum absolute atomic E-state index is 10.9. The predicted octanol–water partition coefficient (Wildman–Crippen LogP) is 11.4. The standard InChI is InChI=1S/C45H35N3O5.C7H11N/c46-25-11-5-3-1-2-4-6-12-28-17-21-31(22-18-28)47-36-15-9-7-13-32(36)34-26-29(19-23-38(34)47)30-20-24-39-35(27-30)33-14-8-10-16-37(33)48(39)40-41(49)43(51)45(53)44(52)42(40)50;1-2-3-4-5-6-7-8/h1-11,13-27,49-53H,12,46H2;2-7H,8H2,1H3/b2-1+,5-3-,6-4+,25-11-;3-2+,5-4-,7-6-. The molecule has 0 saturated heterocycles. The highest BCUT2D eigenvalue weighted by molar-refractivity contribution is 6.13. The molecule has 0 bridgehead atoms. The summed E-state index contributed by atoms with van der Waals surface area (Å²) in [6.07, 6.45) is 27.0. The molecule has 9 nitrogen and oxygen atoms in total. The van der Waals surface area contributed by atoms with Crippen molar-refractivity contribution in [2.24, 2.45) is 11.5 Å². The summed E-state index contributed by atoms with van der Waals surface area (Å²) in [5, 5.41) is 56.4. The monoisotopic (exact) mass is 806 g/mol. The number of aromatic nitrogens is 2. The van der Waals surface area contributed by atoms with Gasteiger partial charge in [0.1, 0.15) is 5.69 Å². The van der Waals surface area contributed by atoms with E-state index < -0.39 is 28.7 Å². The van der Waals surface area contributed by atoms with Crippen LogP contribution in [0.3, 0.4) is 0 Å². The van der Waals surface area contributed by atoms with E-state index in [1.807, 2.05) is 98.0 Å². The quantitative estimate of drug-likeness (QED) is 0.0411. The lowest BCUT2D eigenvalue weighted by molar-refractivity contribution is 0.327. The van der Waals surface area contributed by atoms with E-state index in [2.05, 4.69) is 83.4 Å². The van der Waals surface area contributed by atoms with Gasteiger partial charge in [-0.1, -0.05) is 121 Å². The molecule has 9 heteroatoms. The molecule has 2 heterocycles. The number of hydrogen-bond acceptors (Lipinski definition) is 7. The van der Waals surface area contributed by atoms with Gasteiger partial charge in [0.2, 0.25) is 17.2 Å². The number of fused-ring (bicyclic) bond motifs is 6. The lowest BCUT2D eigenvalue weighted by Crippen LogP contribution is -1.96. The molecule has 0 amide bonds. The van der Waals surface area contributed by atoms with Crippen LogP contribution in [0.15, 0.2) is 195 Å². The number of para-hydroxylation sites is 2. The first-order valence-electron chi connectivity index (χ1n) is 19.7. The van der Waals surface area contributed by atoms with Crippen LogP contribution < -0.4 is 11.5 Å². The van der Waals surface area contributed by atoms with Crippen LogP contribution >= 0.6 is 0 Å². The summed E-state index contributed by atoms with van der Waals surface area (Å²) in [7, 11) is 0. The highest BCUT2D eigenvalue weighted by Crippen LogP contribution is 2.54. The number of nitrogens with two attached hydrogens (primary N) is 2. The summed E-state index contributed by atoms with van der Waals surface area (Å²) >= 11 is 0. The zero-order valence-corrected chi connectivity index (χ0v) is 33.5. The Balaban J connectivity index is 0.000000639. The first kappa shape index (κ1) is 40.9. The number of phenols is 5. The number of aromatic hydroxyl groups is 5. The molecule has 61 heavy (non-hydrogen) atoms. The third kappa shape index (κ3) is 8.21. The lowest BCUT2D eigenvalue weighted by atomic mass is 10.0. The molecule has 0 radical (unpaired) electrons. The average Bonchev–Trinajstić information content (AvgIpc) is 3.80. The van der Waals surface area contributed by atoms with Crippen LogP contribution in [-0.2, 0) is 6.42 Å². The maximum Gasteiger partial charge on any atom is 0.208 e. The Bertz CT molecular complexity index is 3040. The van der Waals surface area contributed by atoms with Gasteiger partial charge in [-0.2, -0.15) is 0 Å².